The van der Waals surface area contributed by atoms with Crippen molar-refractivity contribution in [3.63, 3.8) is 0 Å². The molecule has 2 atom stereocenters. The summed E-state index contributed by atoms with van der Waals surface area (Å²) in [6.07, 6.45) is 55.8. The maximum Gasteiger partial charge on any atom is 0.469 e. The molecule has 0 aromatic heterocycles. The molecule has 0 saturated heterocycles. The van der Waals surface area contributed by atoms with Gasteiger partial charge in [-0.3, -0.25) is 9.32 Å². The van der Waals surface area contributed by atoms with E-state index in [4.69, 9.17) is 9.79 Å². The standard InChI is InChI=1S/C49H98NO6P/c1-3-5-7-9-11-13-14-15-16-17-18-19-20-21-22-23-24-25-26-27-28-29-30-31-32-33-34-35-37-39-41-43-45-49(52)50-47(46-56-57(53,54)55)48(51)44-42-40-38-36-12-10-8-6-4-2/h42,44,47-48,51H,3-41,43,45-46H2,1-2H3,(H,50,52)(H2,53,54,55)/b44-42+/t47-,48+/m0/s1. The third-order valence-electron chi connectivity index (χ3n) is 11.7. The number of hydrogen-bond acceptors (Lipinski definition) is 4. The van der Waals surface area contributed by atoms with Crippen molar-refractivity contribution in [2.24, 2.45) is 0 Å². The van der Waals surface area contributed by atoms with Gasteiger partial charge in [-0.2, -0.15) is 0 Å². The van der Waals surface area contributed by atoms with Gasteiger partial charge < -0.3 is 20.2 Å². The lowest BCUT2D eigenvalue weighted by molar-refractivity contribution is -0.123. The summed E-state index contributed by atoms with van der Waals surface area (Å²) in [5.74, 6) is -0.223. The van der Waals surface area contributed by atoms with Crippen molar-refractivity contribution in [2.75, 3.05) is 6.61 Å². The fourth-order valence-corrected chi connectivity index (χ4v) is 8.29. The van der Waals surface area contributed by atoms with Crippen LogP contribution in [0.5, 0.6) is 0 Å². The average molecular weight is 828 g/mol. The molecule has 0 unspecified atom stereocenters. The number of amides is 1. The smallest absolute Gasteiger partial charge is 0.387 e. The predicted molar refractivity (Wildman–Crippen MR) is 246 cm³/mol. The Bertz CT molecular complexity index is 895. The highest BCUT2D eigenvalue weighted by molar-refractivity contribution is 7.46. The lowest BCUT2D eigenvalue weighted by atomic mass is 10.0. The van der Waals surface area contributed by atoms with Crippen molar-refractivity contribution in [3.8, 4) is 0 Å². The SMILES string of the molecule is CCCCCCCCC/C=C/[C@@H](O)[C@H](COP(=O)(O)O)NC(=O)CCCCCCCCCCCCCCCCCCCCCCCCCCCCCCCCCC. The number of hydrogen-bond donors (Lipinski definition) is 4. The molecule has 0 bridgehead atoms. The Balaban J connectivity index is 3.59. The van der Waals surface area contributed by atoms with E-state index in [1.165, 1.54) is 218 Å². The van der Waals surface area contributed by atoms with Gasteiger partial charge in [0.1, 0.15) is 0 Å². The van der Waals surface area contributed by atoms with Crippen LogP contribution in [0.15, 0.2) is 12.2 Å². The molecule has 0 fully saturated rings. The summed E-state index contributed by atoms with van der Waals surface area (Å²) in [7, 11) is -4.71. The highest BCUT2D eigenvalue weighted by atomic mass is 31.2. The minimum absolute atomic E-state index is 0.223. The molecular weight excluding hydrogens is 730 g/mol. The Morgan fingerprint density at radius 3 is 1.07 bits per heavy atom. The van der Waals surface area contributed by atoms with E-state index in [-0.39, 0.29) is 5.91 Å². The van der Waals surface area contributed by atoms with E-state index in [1.807, 2.05) is 6.08 Å². The maximum atomic E-state index is 12.6. The molecule has 0 spiro atoms. The first-order valence-corrected chi connectivity index (χ1v) is 26.7. The van der Waals surface area contributed by atoms with Gasteiger partial charge in [0.2, 0.25) is 5.91 Å². The van der Waals surface area contributed by atoms with Crippen LogP contribution in [0, 0.1) is 0 Å². The van der Waals surface area contributed by atoms with Crippen LogP contribution in [0.2, 0.25) is 0 Å². The molecule has 0 aliphatic rings. The van der Waals surface area contributed by atoms with Crippen molar-refractivity contribution in [2.45, 2.75) is 289 Å². The molecule has 57 heavy (non-hydrogen) atoms. The molecule has 4 N–H and O–H groups in total. The molecule has 0 heterocycles. The fraction of sp³-hybridized carbons (Fsp3) is 0.939. The summed E-state index contributed by atoms with van der Waals surface area (Å²) in [6.45, 7) is 4.06. The number of rotatable bonds is 47. The zero-order valence-corrected chi connectivity index (χ0v) is 38.9. The van der Waals surface area contributed by atoms with Crippen LogP contribution < -0.4 is 5.32 Å². The van der Waals surface area contributed by atoms with E-state index < -0.39 is 26.6 Å². The molecule has 340 valence electrons. The van der Waals surface area contributed by atoms with Crippen molar-refractivity contribution in [1.29, 1.82) is 0 Å². The van der Waals surface area contributed by atoms with Crippen LogP contribution in [0.3, 0.4) is 0 Å². The van der Waals surface area contributed by atoms with Crippen molar-refractivity contribution in [1.82, 2.24) is 5.32 Å². The zero-order chi connectivity index (χ0) is 41.8. The zero-order valence-electron chi connectivity index (χ0n) is 38.0. The van der Waals surface area contributed by atoms with Gasteiger partial charge in [-0.25, -0.2) is 4.57 Å². The molecule has 1 amide bonds. The lowest BCUT2D eigenvalue weighted by Gasteiger charge is -2.22. The molecule has 0 aromatic carbocycles. The first kappa shape index (κ1) is 56.3. The second-order valence-corrected chi connectivity index (χ2v) is 18.7. The normalized spacial score (nSPS) is 13.1. The van der Waals surface area contributed by atoms with Crippen LogP contribution >= 0.6 is 7.82 Å². The Morgan fingerprint density at radius 2 is 0.772 bits per heavy atom. The molecule has 7 nitrogen and oxygen atoms in total. The number of unbranched alkanes of at least 4 members (excludes halogenated alkanes) is 38. The van der Waals surface area contributed by atoms with Gasteiger partial charge in [0.25, 0.3) is 0 Å². The Labute approximate surface area is 354 Å². The summed E-state index contributed by atoms with van der Waals surface area (Å²) in [4.78, 5) is 30.9. The van der Waals surface area contributed by atoms with Crippen LogP contribution in [0.4, 0.5) is 0 Å². The van der Waals surface area contributed by atoms with Crippen molar-refractivity contribution in [3.05, 3.63) is 12.2 Å². The van der Waals surface area contributed by atoms with Crippen molar-refractivity contribution < 1.29 is 28.8 Å². The number of phosphoric ester groups is 1. The second kappa shape index (κ2) is 44.8. The third kappa shape index (κ3) is 46.2. The number of aliphatic hydroxyl groups is 1. The Morgan fingerprint density at radius 1 is 0.491 bits per heavy atom. The number of carbonyl (C=O) groups is 1. The number of aliphatic hydroxyl groups excluding tert-OH is 1. The number of phosphoric acid groups is 1. The van der Waals surface area contributed by atoms with Crippen molar-refractivity contribution >= 4 is 13.7 Å². The molecule has 0 saturated carbocycles. The van der Waals surface area contributed by atoms with Crippen LogP contribution in [0.1, 0.15) is 277 Å². The first-order valence-electron chi connectivity index (χ1n) is 25.1. The van der Waals surface area contributed by atoms with E-state index in [0.717, 1.165) is 38.5 Å². The highest BCUT2D eigenvalue weighted by Crippen LogP contribution is 2.36. The predicted octanol–water partition coefficient (Wildman–Crippen LogP) is 15.5. The van der Waals surface area contributed by atoms with E-state index in [9.17, 15) is 14.5 Å². The summed E-state index contributed by atoms with van der Waals surface area (Å²) >= 11 is 0. The molecule has 0 radical (unpaired) electrons. The van der Waals surface area contributed by atoms with E-state index in [1.54, 1.807) is 6.08 Å². The maximum absolute atomic E-state index is 12.6. The van der Waals surface area contributed by atoms with Gasteiger partial charge >= 0.3 is 7.82 Å². The van der Waals surface area contributed by atoms with Gasteiger partial charge in [0, 0.05) is 6.42 Å². The Kier molecular flexibility index (Phi) is 44.3. The summed E-state index contributed by atoms with van der Waals surface area (Å²) in [6, 6.07) is -0.904. The highest BCUT2D eigenvalue weighted by Gasteiger charge is 2.24. The van der Waals surface area contributed by atoms with Gasteiger partial charge in [0.05, 0.1) is 18.8 Å². The van der Waals surface area contributed by atoms with Gasteiger partial charge in [-0.1, -0.05) is 264 Å². The van der Waals surface area contributed by atoms with Gasteiger partial charge in [0.15, 0.2) is 0 Å². The van der Waals surface area contributed by atoms with Gasteiger partial charge in [-0.05, 0) is 19.3 Å². The molecule has 0 rings (SSSR count). The van der Waals surface area contributed by atoms with E-state index in [2.05, 4.69) is 23.7 Å². The minimum atomic E-state index is -4.71. The monoisotopic (exact) mass is 828 g/mol. The Hall–Kier alpha value is -0.720. The molecule has 0 aliphatic carbocycles. The fourth-order valence-electron chi connectivity index (χ4n) is 7.93. The van der Waals surface area contributed by atoms with E-state index in [0.29, 0.717) is 6.42 Å². The summed E-state index contributed by atoms with van der Waals surface area (Å²) in [5, 5.41) is 13.3. The number of nitrogens with one attached hydrogen (secondary N) is 1. The summed E-state index contributed by atoms with van der Waals surface area (Å²) in [5.41, 5.74) is 0. The third-order valence-corrected chi connectivity index (χ3v) is 12.2. The first-order chi connectivity index (χ1) is 27.8. The minimum Gasteiger partial charge on any atom is -0.387 e. The average Bonchev–Trinajstić information content (AvgIpc) is 3.18. The molecule has 0 aromatic rings. The largest absolute Gasteiger partial charge is 0.469 e. The number of allylic oxidation sites excluding steroid dienone is 1. The molecule has 0 aliphatic heterocycles. The topological polar surface area (TPSA) is 116 Å². The quantitative estimate of drug-likeness (QED) is 0.0276. The van der Waals surface area contributed by atoms with Crippen LogP contribution in [0.25, 0.3) is 0 Å². The van der Waals surface area contributed by atoms with Crippen LogP contribution in [-0.2, 0) is 13.9 Å². The second-order valence-electron chi connectivity index (χ2n) is 17.5. The van der Waals surface area contributed by atoms with Gasteiger partial charge in [-0.15, -0.1) is 0 Å². The lowest BCUT2D eigenvalue weighted by Crippen LogP contribution is -2.45. The molecule has 8 heteroatoms. The van der Waals surface area contributed by atoms with E-state index >= 15 is 0 Å². The molecular formula is C49H98NO6P. The number of carbonyl (C=O) groups excluding carboxylic acids is 1. The van der Waals surface area contributed by atoms with Crippen LogP contribution in [-0.4, -0.2) is 39.6 Å². The summed E-state index contributed by atoms with van der Waals surface area (Å²) < 4.78 is 15.9.